The Morgan fingerprint density at radius 3 is 2.43 bits per heavy atom. The molecule has 0 saturated heterocycles. The van der Waals surface area contributed by atoms with Gasteiger partial charge < -0.3 is 0 Å². The molecule has 21 heavy (non-hydrogen) atoms. The van der Waals surface area contributed by atoms with Crippen LogP contribution in [-0.2, 0) is 0 Å². The van der Waals surface area contributed by atoms with Gasteiger partial charge in [-0.25, -0.2) is 13.2 Å². The van der Waals surface area contributed by atoms with Crippen LogP contribution in [-0.4, -0.2) is 5.78 Å². The Bertz CT molecular complexity index is 735. The van der Waals surface area contributed by atoms with E-state index in [2.05, 4.69) is 0 Å². The number of ketones is 1. The first kappa shape index (κ1) is 15.1. The van der Waals surface area contributed by atoms with Gasteiger partial charge >= 0.3 is 0 Å². The van der Waals surface area contributed by atoms with Crippen molar-refractivity contribution in [2.75, 3.05) is 0 Å². The average molecular weight is 310 g/mol. The number of halogens is 4. The quantitative estimate of drug-likeness (QED) is 0.795. The Kier molecular flexibility index (Phi) is 4.29. The number of hydrogen-bond acceptors (Lipinski definition) is 2. The van der Waals surface area contributed by atoms with Crippen LogP contribution in [0.25, 0.3) is 0 Å². The molecule has 2 nitrogen and oxygen atoms in total. The van der Waals surface area contributed by atoms with Gasteiger partial charge in [0.25, 0.3) is 0 Å². The van der Waals surface area contributed by atoms with E-state index in [1.165, 1.54) is 12.1 Å². The van der Waals surface area contributed by atoms with Gasteiger partial charge in [0, 0.05) is 11.6 Å². The third kappa shape index (κ3) is 2.91. The van der Waals surface area contributed by atoms with Crippen molar-refractivity contribution in [1.82, 2.24) is 0 Å². The molecule has 2 aromatic carbocycles. The van der Waals surface area contributed by atoms with E-state index in [4.69, 9.17) is 16.9 Å². The van der Waals surface area contributed by atoms with E-state index >= 15 is 0 Å². The summed E-state index contributed by atoms with van der Waals surface area (Å²) in [6, 6.07) is 7.63. The van der Waals surface area contributed by atoms with Crippen LogP contribution < -0.4 is 0 Å². The van der Waals surface area contributed by atoms with Gasteiger partial charge in [-0.2, -0.15) is 5.26 Å². The third-order valence-corrected chi connectivity index (χ3v) is 3.19. The molecule has 0 fully saturated rings. The Labute approximate surface area is 123 Å². The molecule has 2 rings (SSSR count). The van der Waals surface area contributed by atoms with Gasteiger partial charge in [-0.3, -0.25) is 4.79 Å². The standard InChI is InChI=1S/C15H7ClF3NO/c16-11-2-1-3-12(18)14(11)15(21)10(7-20)9-5-4-8(17)6-13(9)19/h1-6,10H. The lowest BCUT2D eigenvalue weighted by Crippen LogP contribution is -2.15. The van der Waals surface area contributed by atoms with E-state index in [9.17, 15) is 18.0 Å². The third-order valence-electron chi connectivity index (χ3n) is 2.87. The van der Waals surface area contributed by atoms with Crippen LogP contribution in [0.5, 0.6) is 0 Å². The fourth-order valence-electron chi connectivity index (χ4n) is 1.88. The van der Waals surface area contributed by atoms with E-state index in [-0.39, 0.29) is 10.6 Å². The maximum atomic E-state index is 13.7. The second kappa shape index (κ2) is 5.98. The predicted molar refractivity (Wildman–Crippen MR) is 70.5 cm³/mol. The Morgan fingerprint density at radius 2 is 1.86 bits per heavy atom. The molecule has 0 N–H and O–H groups in total. The SMILES string of the molecule is N#CC(C(=O)c1c(F)cccc1Cl)c1ccc(F)cc1F. The maximum absolute atomic E-state index is 13.7. The fraction of sp³-hybridized carbons (Fsp3) is 0.0667. The lowest BCUT2D eigenvalue weighted by Gasteiger charge is -2.11. The molecule has 106 valence electrons. The molecule has 6 heteroatoms. The van der Waals surface area contributed by atoms with Crippen LogP contribution >= 0.6 is 11.6 Å². The highest BCUT2D eigenvalue weighted by Gasteiger charge is 2.28. The van der Waals surface area contributed by atoms with Crippen LogP contribution in [0.3, 0.4) is 0 Å². The van der Waals surface area contributed by atoms with Crippen molar-refractivity contribution in [1.29, 1.82) is 5.26 Å². The van der Waals surface area contributed by atoms with Crippen molar-refractivity contribution in [3.8, 4) is 6.07 Å². The number of hydrogen-bond donors (Lipinski definition) is 0. The van der Waals surface area contributed by atoms with E-state index < -0.39 is 34.7 Å². The summed E-state index contributed by atoms with van der Waals surface area (Å²) < 4.78 is 40.3. The summed E-state index contributed by atoms with van der Waals surface area (Å²) in [5.74, 6) is -5.40. The van der Waals surface area contributed by atoms with Crippen LogP contribution in [0.4, 0.5) is 13.2 Å². The van der Waals surface area contributed by atoms with E-state index in [0.717, 1.165) is 18.2 Å². The highest BCUT2D eigenvalue weighted by atomic mass is 35.5. The van der Waals surface area contributed by atoms with E-state index in [1.54, 1.807) is 6.07 Å². The monoisotopic (exact) mass is 309 g/mol. The van der Waals surface area contributed by atoms with Gasteiger partial charge in [-0.1, -0.05) is 23.7 Å². The molecule has 1 atom stereocenters. The first-order valence-electron chi connectivity index (χ1n) is 5.78. The minimum atomic E-state index is -1.61. The maximum Gasteiger partial charge on any atom is 0.189 e. The zero-order valence-electron chi connectivity index (χ0n) is 10.4. The number of Topliss-reactive ketones (excluding diaryl/α,β-unsaturated/α-hetero) is 1. The summed E-state index contributed by atoms with van der Waals surface area (Å²) in [7, 11) is 0. The second-order valence-electron chi connectivity index (χ2n) is 4.19. The fourth-order valence-corrected chi connectivity index (χ4v) is 2.14. The van der Waals surface area contributed by atoms with Crippen molar-refractivity contribution in [2.24, 2.45) is 0 Å². The number of nitriles is 1. The van der Waals surface area contributed by atoms with Crippen molar-refractivity contribution < 1.29 is 18.0 Å². The summed E-state index contributed by atoms with van der Waals surface area (Å²) in [5.41, 5.74) is -0.822. The average Bonchev–Trinajstić information content (AvgIpc) is 2.41. The largest absolute Gasteiger partial charge is 0.292 e. The molecule has 2 aromatic rings. The summed E-state index contributed by atoms with van der Waals surface area (Å²) in [6.45, 7) is 0. The van der Waals surface area contributed by atoms with Crippen molar-refractivity contribution >= 4 is 17.4 Å². The highest BCUT2D eigenvalue weighted by molar-refractivity contribution is 6.34. The molecule has 0 radical (unpaired) electrons. The number of benzene rings is 2. The number of rotatable bonds is 3. The molecule has 0 aliphatic rings. The first-order valence-corrected chi connectivity index (χ1v) is 6.16. The molecular weight excluding hydrogens is 303 g/mol. The molecule has 0 bridgehead atoms. The van der Waals surface area contributed by atoms with Crippen LogP contribution in [0, 0.1) is 28.8 Å². The summed E-state index contributed by atoms with van der Waals surface area (Å²) >= 11 is 5.75. The van der Waals surface area contributed by atoms with Crippen molar-refractivity contribution in [3.05, 3.63) is 70.0 Å². The number of carbonyl (C=O) groups is 1. The predicted octanol–water partition coefficient (Wildman–Crippen LogP) is 4.25. The number of carbonyl (C=O) groups excluding carboxylic acids is 1. The van der Waals surface area contributed by atoms with Crippen molar-refractivity contribution in [3.63, 3.8) is 0 Å². The van der Waals surface area contributed by atoms with Gasteiger partial charge in [-0.05, 0) is 18.2 Å². The smallest absolute Gasteiger partial charge is 0.189 e. The molecule has 0 aliphatic heterocycles. The minimum absolute atomic E-state index is 0.178. The van der Waals surface area contributed by atoms with Crippen molar-refractivity contribution in [2.45, 2.75) is 5.92 Å². The van der Waals surface area contributed by atoms with Gasteiger partial charge in [0.2, 0.25) is 0 Å². The molecule has 0 aromatic heterocycles. The normalized spacial score (nSPS) is 11.8. The Hall–Kier alpha value is -2.32. The zero-order chi connectivity index (χ0) is 15.6. The second-order valence-corrected chi connectivity index (χ2v) is 4.60. The Morgan fingerprint density at radius 1 is 1.14 bits per heavy atom. The molecular formula is C15H7ClF3NO. The number of nitrogens with zero attached hydrogens (tertiary/aromatic N) is 1. The minimum Gasteiger partial charge on any atom is -0.292 e. The van der Waals surface area contributed by atoms with Crippen LogP contribution in [0.1, 0.15) is 21.8 Å². The summed E-state index contributed by atoms with van der Waals surface area (Å²) in [6.07, 6.45) is 0. The lowest BCUT2D eigenvalue weighted by atomic mass is 9.91. The molecule has 0 amide bonds. The van der Waals surface area contributed by atoms with Crippen LogP contribution in [0.2, 0.25) is 5.02 Å². The van der Waals surface area contributed by atoms with E-state index in [0.29, 0.717) is 6.07 Å². The Balaban J connectivity index is 2.52. The zero-order valence-corrected chi connectivity index (χ0v) is 11.2. The molecule has 1 unspecified atom stereocenters. The molecule has 0 saturated carbocycles. The summed E-state index contributed by atoms with van der Waals surface area (Å²) in [4.78, 5) is 12.2. The van der Waals surface area contributed by atoms with E-state index in [1.807, 2.05) is 0 Å². The van der Waals surface area contributed by atoms with Gasteiger partial charge in [0.1, 0.15) is 23.4 Å². The topological polar surface area (TPSA) is 40.9 Å². The molecule has 0 heterocycles. The van der Waals surface area contributed by atoms with Gasteiger partial charge in [0.05, 0.1) is 16.7 Å². The molecule has 0 spiro atoms. The summed E-state index contributed by atoms with van der Waals surface area (Å²) in [5, 5.41) is 8.91. The highest BCUT2D eigenvalue weighted by Crippen LogP contribution is 2.28. The lowest BCUT2D eigenvalue weighted by molar-refractivity contribution is 0.0973. The van der Waals surface area contributed by atoms with Crippen LogP contribution in [0.15, 0.2) is 36.4 Å². The molecule has 0 aliphatic carbocycles. The van der Waals surface area contributed by atoms with Gasteiger partial charge in [0.15, 0.2) is 5.78 Å². The first-order chi connectivity index (χ1) is 9.95. The van der Waals surface area contributed by atoms with Gasteiger partial charge in [-0.15, -0.1) is 0 Å².